The number of likely N-dealkylation sites (tertiary alicyclic amines) is 1. The molecule has 0 saturated carbocycles. The molecule has 0 aromatic carbocycles. The third kappa shape index (κ3) is 5.12. The molecule has 0 spiro atoms. The Morgan fingerprint density at radius 2 is 2.13 bits per heavy atom. The summed E-state index contributed by atoms with van der Waals surface area (Å²) in [5, 5.41) is 3.01. The molecule has 1 fully saturated rings. The van der Waals surface area contributed by atoms with Crippen molar-refractivity contribution < 1.29 is 4.79 Å². The number of nitrogens with zero attached hydrogens (tertiary/aromatic N) is 3. The van der Waals surface area contributed by atoms with Gasteiger partial charge in [0.1, 0.15) is 5.82 Å². The van der Waals surface area contributed by atoms with Crippen LogP contribution in [0.25, 0.3) is 0 Å². The van der Waals surface area contributed by atoms with Crippen LogP contribution in [0.15, 0.2) is 18.3 Å². The minimum absolute atomic E-state index is 0.0111. The molecule has 0 radical (unpaired) electrons. The topological polar surface area (TPSA) is 48.5 Å². The van der Waals surface area contributed by atoms with Crippen molar-refractivity contribution in [2.45, 2.75) is 52.0 Å². The van der Waals surface area contributed by atoms with Crippen molar-refractivity contribution in [1.82, 2.24) is 9.88 Å². The summed E-state index contributed by atoms with van der Waals surface area (Å²) >= 11 is 0. The van der Waals surface area contributed by atoms with Crippen LogP contribution in [-0.4, -0.2) is 42.6 Å². The number of amides is 2. The Labute approximate surface area is 140 Å². The van der Waals surface area contributed by atoms with Gasteiger partial charge in [0.05, 0.1) is 11.9 Å². The van der Waals surface area contributed by atoms with Crippen LogP contribution in [0.2, 0.25) is 0 Å². The zero-order valence-electron chi connectivity index (χ0n) is 14.9. The Morgan fingerprint density at radius 1 is 1.35 bits per heavy atom. The van der Waals surface area contributed by atoms with Crippen LogP contribution in [0, 0.1) is 5.92 Å². The number of urea groups is 1. The molecule has 1 aromatic rings. The molecule has 1 N–H and O–H groups in total. The van der Waals surface area contributed by atoms with Gasteiger partial charge in [-0.3, -0.25) is 0 Å². The van der Waals surface area contributed by atoms with Gasteiger partial charge in [-0.2, -0.15) is 0 Å². The molecule has 2 rings (SSSR count). The summed E-state index contributed by atoms with van der Waals surface area (Å²) < 4.78 is 0. The van der Waals surface area contributed by atoms with E-state index in [1.165, 1.54) is 12.8 Å². The molecule has 5 nitrogen and oxygen atoms in total. The second-order valence-electron chi connectivity index (χ2n) is 7.06. The standard InChI is InChI=1S/C18H30N4O/c1-14(2)12-16-8-6-5-7-11-22(16)18(23)20-15-9-10-17(19-13-15)21(3)4/h9-10,13-14,16H,5-8,11-12H2,1-4H3,(H,20,23). The molecule has 1 aromatic heterocycles. The number of pyridine rings is 1. The monoisotopic (exact) mass is 318 g/mol. The highest BCUT2D eigenvalue weighted by atomic mass is 16.2. The zero-order valence-corrected chi connectivity index (χ0v) is 14.9. The molecular weight excluding hydrogens is 288 g/mol. The lowest BCUT2D eigenvalue weighted by Gasteiger charge is -2.31. The highest BCUT2D eigenvalue weighted by molar-refractivity contribution is 5.89. The van der Waals surface area contributed by atoms with Gasteiger partial charge in [-0.25, -0.2) is 9.78 Å². The van der Waals surface area contributed by atoms with Crippen molar-refractivity contribution in [3.05, 3.63) is 18.3 Å². The van der Waals surface area contributed by atoms with E-state index in [2.05, 4.69) is 24.1 Å². The molecule has 1 aliphatic rings. The van der Waals surface area contributed by atoms with Crippen molar-refractivity contribution in [1.29, 1.82) is 0 Å². The predicted octanol–water partition coefficient (Wildman–Crippen LogP) is 3.97. The van der Waals surface area contributed by atoms with Gasteiger partial charge >= 0.3 is 6.03 Å². The number of carbonyl (C=O) groups is 1. The summed E-state index contributed by atoms with van der Waals surface area (Å²) in [5.74, 6) is 1.49. The van der Waals surface area contributed by atoms with Gasteiger partial charge in [-0.05, 0) is 37.3 Å². The summed E-state index contributed by atoms with van der Waals surface area (Å²) in [6, 6.07) is 4.20. The molecule has 5 heteroatoms. The van der Waals surface area contributed by atoms with Gasteiger partial charge in [0.2, 0.25) is 0 Å². The molecule has 23 heavy (non-hydrogen) atoms. The van der Waals surface area contributed by atoms with Crippen LogP contribution in [0.4, 0.5) is 16.3 Å². The van der Waals surface area contributed by atoms with E-state index in [0.29, 0.717) is 12.0 Å². The lowest BCUT2D eigenvalue weighted by molar-refractivity contribution is 0.178. The van der Waals surface area contributed by atoms with Crippen LogP contribution in [0.1, 0.15) is 46.0 Å². The first-order valence-electron chi connectivity index (χ1n) is 8.68. The zero-order chi connectivity index (χ0) is 16.8. The molecule has 1 atom stereocenters. The summed E-state index contributed by atoms with van der Waals surface area (Å²) in [7, 11) is 3.91. The van der Waals surface area contributed by atoms with E-state index in [9.17, 15) is 4.79 Å². The number of carbonyl (C=O) groups excluding carboxylic acids is 1. The van der Waals surface area contributed by atoms with Gasteiger partial charge in [-0.1, -0.05) is 26.7 Å². The predicted molar refractivity (Wildman–Crippen MR) is 96.0 cm³/mol. The minimum Gasteiger partial charge on any atom is -0.363 e. The van der Waals surface area contributed by atoms with Crippen molar-refractivity contribution in [3.8, 4) is 0 Å². The second kappa shape index (κ2) is 8.18. The van der Waals surface area contributed by atoms with Gasteiger partial charge in [-0.15, -0.1) is 0 Å². The molecule has 1 unspecified atom stereocenters. The maximum absolute atomic E-state index is 12.7. The SMILES string of the molecule is CC(C)CC1CCCCCN1C(=O)Nc1ccc(N(C)C)nc1. The average molecular weight is 318 g/mol. The van der Waals surface area contributed by atoms with Crippen LogP contribution in [0.5, 0.6) is 0 Å². The first-order valence-corrected chi connectivity index (χ1v) is 8.68. The van der Waals surface area contributed by atoms with E-state index in [1.54, 1.807) is 6.20 Å². The summed E-state index contributed by atoms with van der Waals surface area (Å²) in [6.45, 7) is 5.31. The number of nitrogens with one attached hydrogen (secondary N) is 1. The lowest BCUT2D eigenvalue weighted by atomic mass is 9.99. The first kappa shape index (κ1) is 17.6. The number of anilines is 2. The number of rotatable bonds is 4. The smallest absolute Gasteiger partial charge is 0.322 e. The summed E-state index contributed by atoms with van der Waals surface area (Å²) in [6.07, 6.45) is 7.45. The molecule has 128 valence electrons. The normalized spacial score (nSPS) is 18.7. The van der Waals surface area contributed by atoms with Crippen LogP contribution in [0.3, 0.4) is 0 Å². The maximum Gasteiger partial charge on any atom is 0.322 e. The Hall–Kier alpha value is -1.78. The molecule has 0 aliphatic carbocycles. The van der Waals surface area contributed by atoms with Gasteiger partial charge < -0.3 is 15.1 Å². The highest BCUT2D eigenvalue weighted by Crippen LogP contribution is 2.23. The Kier molecular flexibility index (Phi) is 6.25. The fraction of sp³-hybridized carbons (Fsp3) is 0.667. The Balaban J connectivity index is 2.03. The van der Waals surface area contributed by atoms with Crippen LogP contribution < -0.4 is 10.2 Å². The quantitative estimate of drug-likeness (QED) is 0.914. The average Bonchev–Trinajstić information content (AvgIpc) is 2.72. The third-order valence-corrected chi connectivity index (χ3v) is 4.34. The van der Waals surface area contributed by atoms with Crippen molar-refractivity contribution >= 4 is 17.5 Å². The third-order valence-electron chi connectivity index (χ3n) is 4.34. The van der Waals surface area contributed by atoms with E-state index in [1.807, 2.05) is 36.0 Å². The number of aromatic nitrogens is 1. The largest absolute Gasteiger partial charge is 0.363 e. The van der Waals surface area contributed by atoms with E-state index in [0.717, 1.165) is 37.3 Å². The fourth-order valence-corrected chi connectivity index (χ4v) is 3.15. The van der Waals surface area contributed by atoms with Crippen molar-refractivity contribution in [2.24, 2.45) is 5.92 Å². The summed E-state index contributed by atoms with van der Waals surface area (Å²) in [5.41, 5.74) is 0.758. The molecule has 2 amide bonds. The fourth-order valence-electron chi connectivity index (χ4n) is 3.15. The second-order valence-corrected chi connectivity index (χ2v) is 7.06. The van der Waals surface area contributed by atoms with E-state index >= 15 is 0 Å². The highest BCUT2D eigenvalue weighted by Gasteiger charge is 2.26. The maximum atomic E-state index is 12.7. The minimum atomic E-state index is 0.0111. The molecule has 1 saturated heterocycles. The van der Waals surface area contributed by atoms with Crippen LogP contribution >= 0.6 is 0 Å². The Morgan fingerprint density at radius 3 is 2.74 bits per heavy atom. The molecule has 0 bridgehead atoms. The van der Waals surface area contributed by atoms with Crippen LogP contribution in [-0.2, 0) is 0 Å². The molecular formula is C18H30N4O. The summed E-state index contributed by atoms with van der Waals surface area (Å²) in [4.78, 5) is 21.0. The van der Waals surface area contributed by atoms with Crippen molar-refractivity contribution in [2.75, 3.05) is 30.9 Å². The van der Waals surface area contributed by atoms with E-state index in [-0.39, 0.29) is 6.03 Å². The van der Waals surface area contributed by atoms with Gasteiger partial charge in [0.15, 0.2) is 0 Å². The van der Waals surface area contributed by atoms with E-state index < -0.39 is 0 Å². The van der Waals surface area contributed by atoms with Gasteiger partial charge in [0, 0.05) is 26.7 Å². The number of hydrogen-bond acceptors (Lipinski definition) is 3. The van der Waals surface area contributed by atoms with Crippen molar-refractivity contribution in [3.63, 3.8) is 0 Å². The number of hydrogen-bond donors (Lipinski definition) is 1. The Bertz CT molecular complexity index is 498. The first-order chi connectivity index (χ1) is 11.0. The molecule has 1 aliphatic heterocycles. The molecule has 2 heterocycles. The van der Waals surface area contributed by atoms with E-state index in [4.69, 9.17) is 0 Å². The lowest BCUT2D eigenvalue weighted by Crippen LogP contribution is -2.43. The van der Waals surface area contributed by atoms with Gasteiger partial charge in [0.25, 0.3) is 0 Å².